The number of nitrogens with one attached hydrogen (secondary N) is 2. The van der Waals surface area contributed by atoms with Gasteiger partial charge in [-0.1, -0.05) is 11.3 Å². The van der Waals surface area contributed by atoms with Crippen molar-refractivity contribution in [1.82, 2.24) is 19.9 Å². The number of thiazole rings is 1. The number of halogens is 1. The molecule has 8 nitrogen and oxygen atoms in total. The first-order valence-corrected chi connectivity index (χ1v) is 8.83. The third-order valence-corrected chi connectivity index (χ3v) is 4.77. The topological polar surface area (TPSA) is 102 Å². The Labute approximate surface area is 155 Å². The van der Waals surface area contributed by atoms with E-state index in [-0.39, 0.29) is 18.2 Å². The second-order valence-electron chi connectivity index (χ2n) is 5.13. The summed E-state index contributed by atoms with van der Waals surface area (Å²) >= 11 is 4.45. The molecule has 0 aliphatic heterocycles. The number of rotatable bonds is 5. The normalized spacial score (nSPS) is 10.7. The lowest BCUT2D eigenvalue weighted by Crippen LogP contribution is -2.32. The number of aryl methyl sites for hydroxylation is 2. The molecule has 10 heteroatoms. The predicted octanol–water partition coefficient (Wildman–Crippen LogP) is 2.58. The van der Waals surface area contributed by atoms with Gasteiger partial charge in [0.25, 0.3) is 5.91 Å². The molecule has 3 heterocycles. The summed E-state index contributed by atoms with van der Waals surface area (Å²) in [5.41, 5.74) is 0.777. The Bertz CT molecular complexity index is 929. The third kappa shape index (κ3) is 3.97. The van der Waals surface area contributed by atoms with Gasteiger partial charge >= 0.3 is 0 Å². The minimum absolute atomic E-state index is 0.127. The highest BCUT2D eigenvalue weighted by Crippen LogP contribution is 2.31. The second-order valence-corrected chi connectivity index (χ2v) is 6.91. The Morgan fingerprint density at radius 2 is 2.20 bits per heavy atom. The van der Waals surface area contributed by atoms with Gasteiger partial charge in [-0.2, -0.15) is 0 Å². The van der Waals surface area contributed by atoms with Crippen molar-refractivity contribution in [3.8, 4) is 10.7 Å². The van der Waals surface area contributed by atoms with Crippen LogP contribution in [0.5, 0.6) is 0 Å². The molecule has 0 unspecified atom stereocenters. The van der Waals surface area contributed by atoms with E-state index in [9.17, 15) is 9.59 Å². The lowest BCUT2D eigenvalue weighted by Gasteiger charge is -2.03. The first kappa shape index (κ1) is 17.4. The molecule has 3 aromatic heterocycles. The molecule has 0 atom stereocenters. The first-order chi connectivity index (χ1) is 11.9. The number of imidazole rings is 1. The molecule has 0 spiro atoms. The van der Waals surface area contributed by atoms with E-state index in [0.29, 0.717) is 9.80 Å². The van der Waals surface area contributed by atoms with Crippen molar-refractivity contribution in [3.05, 3.63) is 40.7 Å². The fourth-order valence-electron chi connectivity index (χ4n) is 2.09. The van der Waals surface area contributed by atoms with Crippen molar-refractivity contribution in [3.63, 3.8) is 0 Å². The Balaban J connectivity index is 1.60. The van der Waals surface area contributed by atoms with Gasteiger partial charge in [0.1, 0.15) is 0 Å². The molecular formula is C15H14BrN5O3S. The van der Waals surface area contributed by atoms with Crippen LogP contribution in [0.2, 0.25) is 0 Å². The monoisotopic (exact) mass is 423 g/mol. The third-order valence-electron chi connectivity index (χ3n) is 3.27. The summed E-state index contributed by atoms with van der Waals surface area (Å²) in [4.78, 5) is 33.3. The molecule has 0 bridgehead atoms. The average molecular weight is 424 g/mol. The van der Waals surface area contributed by atoms with Crippen molar-refractivity contribution in [2.24, 2.45) is 7.05 Å². The number of furan rings is 1. The molecule has 2 N–H and O–H groups in total. The summed E-state index contributed by atoms with van der Waals surface area (Å²) in [5.74, 6) is 0.0676. The van der Waals surface area contributed by atoms with E-state index in [4.69, 9.17) is 4.42 Å². The number of hydrogen-bond acceptors (Lipinski definition) is 6. The maximum Gasteiger partial charge on any atom is 0.287 e. The molecular weight excluding hydrogens is 410 g/mol. The largest absolute Gasteiger partial charge is 0.444 e. The Morgan fingerprint density at radius 3 is 2.84 bits per heavy atom. The minimum Gasteiger partial charge on any atom is -0.444 e. The van der Waals surface area contributed by atoms with Crippen molar-refractivity contribution in [2.45, 2.75) is 6.92 Å². The van der Waals surface area contributed by atoms with Gasteiger partial charge in [-0.25, -0.2) is 9.97 Å². The summed E-state index contributed by atoms with van der Waals surface area (Å²) in [7, 11) is 1.89. The maximum atomic E-state index is 12.0. The number of nitrogens with zero attached hydrogens (tertiary/aromatic N) is 3. The van der Waals surface area contributed by atoms with Crippen LogP contribution < -0.4 is 10.6 Å². The molecule has 3 rings (SSSR count). The predicted molar refractivity (Wildman–Crippen MR) is 96.4 cm³/mol. The van der Waals surface area contributed by atoms with Crippen molar-refractivity contribution in [1.29, 1.82) is 0 Å². The van der Waals surface area contributed by atoms with Gasteiger partial charge < -0.3 is 19.6 Å². The van der Waals surface area contributed by atoms with Crippen LogP contribution in [0, 0.1) is 6.92 Å². The van der Waals surface area contributed by atoms with Gasteiger partial charge in [0.05, 0.1) is 17.1 Å². The van der Waals surface area contributed by atoms with Crippen molar-refractivity contribution in [2.75, 3.05) is 11.9 Å². The summed E-state index contributed by atoms with van der Waals surface area (Å²) in [6.45, 7) is 1.67. The van der Waals surface area contributed by atoms with Crippen LogP contribution >= 0.6 is 27.3 Å². The van der Waals surface area contributed by atoms with Gasteiger partial charge in [-0.15, -0.1) is 0 Å². The van der Waals surface area contributed by atoms with E-state index in [0.717, 1.165) is 16.4 Å². The Kier molecular flexibility index (Phi) is 5.00. The molecule has 0 saturated heterocycles. The van der Waals surface area contributed by atoms with Crippen LogP contribution in [0.4, 0.5) is 5.13 Å². The molecule has 25 heavy (non-hydrogen) atoms. The molecule has 3 aromatic rings. The van der Waals surface area contributed by atoms with Crippen LogP contribution in [0.15, 0.2) is 33.6 Å². The number of carbonyl (C=O) groups is 2. The average Bonchev–Trinajstić information content (AvgIpc) is 3.26. The first-order valence-electron chi connectivity index (χ1n) is 7.22. The number of anilines is 1. The van der Waals surface area contributed by atoms with Gasteiger partial charge in [0.2, 0.25) is 5.91 Å². The van der Waals surface area contributed by atoms with Crippen LogP contribution in [-0.2, 0) is 11.8 Å². The van der Waals surface area contributed by atoms with Gasteiger partial charge in [-0.3, -0.25) is 9.59 Å². The van der Waals surface area contributed by atoms with Crippen molar-refractivity contribution < 1.29 is 14.0 Å². The zero-order valence-electron chi connectivity index (χ0n) is 13.4. The number of amides is 2. The Hall–Kier alpha value is -2.46. The molecule has 0 aromatic carbocycles. The fraction of sp³-hybridized carbons (Fsp3) is 0.200. The lowest BCUT2D eigenvalue weighted by atomic mass is 10.4. The Morgan fingerprint density at radius 1 is 1.40 bits per heavy atom. The molecule has 2 amide bonds. The van der Waals surface area contributed by atoms with Crippen molar-refractivity contribution >= 4 is 44.2 Å². The lowest BCUT2D eigenvalue weighted by molar-refractivity contribution is -0.115. The molecule has 0 saturated carbocycles. The van der Waals surface area contributed by atoms with E-state index in [1.807, 2.05) is 24.7 Å². The standard InChI is InChI=1S/C15H14BrN5O3S/c1-8-12(13-17-5-6-21(13)2)25-15(19-8)20-11(22)7-18-14(23)9-3-4-10(16)24-9/h3-6H,7H2,1-2H3,(H,18,23)(H,19,20,22). The van der Waals surface area contributed by atoms with E-state index in [2.05, 4.69) is 36.5 Å². The summed E-state index contributed by atoms with van der Waals surface area (Å²) in [5, 5.41) is 5.61. The smallest absolute Gasteiger partial charge is 0.287 e. The second kappa shape index (κ2) is 7.19. The minimum atomic E-state index is -0.468. The number of aromatic nitrogens is 3. The number of carbonyl (C=O) groups excluding carboxylic acids is 2. The zero-order valence-corrected chi connectivity index (χ0v) is 15.8. The van der Waals surface area contributed by atoms with Crippen LogP contribution in [-0.4, -0.2) is 32.9 Å². The van der Waals surface area contributed by atoms with E-state index in [1.54, 1.807) is 12.3 Å². The summed E-state index contributed by atoms with van der Waals surface area (Å²) in [6, 6.07) is 3.12. The highest BCUT2D eigenvalue weighted by atomic mass is 79.9. The van der Waals surface area contributed by atoms with E-state index >= 15 is 0 Å². The van der Waals surface area contributed by atoms with Gasteiger partial charge in [0.15, 0.2) is 21.4 Å². The van der Waals surface area contributed by atoms with Crippen LogP contribution in [0.25, 0.3) is 10.7 Å². The molecule has 0 radical (unpaired) electrons. The van der Waals surface area contributed by atoms with E-state index < -0.39 is 5.91 Å². The van der Waals surface area contributed by atoms with Crippen LogP contribution in [0.1, 0.15) is 16.2 Å². The molecule has 0 fully saturated rings. The van der Waals surface area contributed by atoms with E-state index in [1.165, 1.54) is 17.4 Å². The maximum absolute atomic E-state index is 12.0. The SMILES string of the molecule is Cc1nc(NC(=O)CNC(=O)c2ccc(Br)o2)sc1-c1nccn1C. The molecule has 130 valence electrons. The van der Waals surface area contributed by atoms with Gasteiger partial charge in [0, 0.05) is 19.4 Å². The number of hydrogen-bond donors (Lipinski definition) is 2. The quantitative estimate of drug-likeness (QED) is 0.656. The molecule has 0 aliphatic rings. The molecule has 0 aliphatic carbocycles. The summed E-state index contributed by atoms with van der Waals surface area (Å²) in [6.07, 6.45) is 3.55. The fourth-order valence-corrected chi connectivity index (χ4v) is 3.42. The van der Waals surface area contributed by atoms with Crippen LogP contribution in [0.3, 0.4) is 0 Å². The highest BCUT2D eigenvalue weighted by Gasteiger charge is 2.16. The zero-order chi connectivity index (χ0) is 18.0. The van der Waals surface area contributed by atoms with Gasteiger partial charge in [-0.05, 0) is 35.0 Å². The highest BCUT2D eigenvalue weighted by molar-refractivity contribution is 9.10. The summed E-state index contributed by atoms with van der Waals surface area (Å²) < 4.78 is 7.45.